The van der Waals surface area contributed by atoms with Crippen LogP contribution in [-0.2, 0) is 0 Å². The van der Waals surface area contributed by atoms with Crippen LogP contribution >= 0.6 is 0 Å². The van der Waals surface area contributed by atoms with Crippen molar-refractivity contribution in [3.63, 3.8) is 0 Å². The highest BCUT2D eigenvalue weighted by Gasteiger charge is 2.35. The van der Waals surface area contributed by atoms with Gasteiger partial charge in [0.25, 0.3) is 0 Å². The van der Waals surface area contributed by atoms with Crippen molar-refractivity contribution in [2.45, 2.75) is 19.2 Å². The van der Waals surface area contributed by atoms with Gasteiger partial charge in [0, 0.05) is 5.56 Å². The molecule has 0 bridgehead atoms. The SMILES string of the molecule is C[C@@H]1Oc2ccc3ccccc3c2[C@@H](c2ccccc2)N1O. The van der Waals surface area contributed by atoms with Gasteiger partial charge < -0.3 is 9.94 Å². The summed E-state index contributed by atoms with van der Waals surface area (Å²) in [7, 11) is 0. The third-order valence-corrected chi connectivity index (χ3v) is 4.25. The number of fused-ring (bicyclic) bond motifs is 3. The normalized spacial score (nSPS) is 21.4. The summed E-state index contributed by atoms with van der Waals surface area (Å²) in [6, 6.07) is 22.1. The van der Waals surface area contributed by atoms with Crippen LogP contribution in [0.1, 0.15) is 24.1 Å². The molecule has 0 radical (unpaired) electrons. The van der Waals surface area contributed by atoms with Gasteiger partial charge in [0.05, 0.1) is 6.04 Å². The molecule has 3 aromatic carbocycles. The maximum absolute atomic E-state index is 10.6. The van der Waals surface area contributed by atoms with Crippen LogP contribution in [0.5, 0.6) is 5.75 Å². The number of nitrogens with zero attached hydrogens (tertiary/aromatic N) is 1. The lowest BCUT2D eigenvalue weighted by Crippen LogP contribution is -2.42. The summed E-state index contributed by atoms with van der Waals surface area (Å²) in [5, 5.41) is 14.2. The second-order valence-electron chi connectivity index (χ2n) is 5.61. The van der Waals surface area contributed by atoms with Crippen molar-refractivity contribution in [2.24, 2.45) is 0 Å². The molecule has 3 heteroatoms. The van der Waals surface area contributed by atoms with Crippen molar-refractivity contribution >= 4 is 10.8 Å². The van der Waals surface area contributed by atoms with Crippen LogP contribution in [0.25, 0.3) is 10.8 Å². The molecule has 1 aliphatic heterocycles. The molecule has 0 aromatic heterocycles. The first-order valence-electron chi connectivity index (χ1n) is 7.46. The summed E-state index contributed by atoms with van der Waals surface area (Å²) >= 11 is 0. The summed E-state index contributed by atoms with van der Waals surface area (Å²) in [5.41, 5.74) is 2.07. The number of hydrogen-bond acceptors (Lipinski definition) is 3. The highest BCUT2D eigenvalue weighted by atomic mass is 16.6. The number of hydrogen-bond donors (Lipinski definition) is 1. The minimum absolute atomic E-state index is 0.231. The van der Waals surface area contributed by atoms with Crippen LogP contribution < -0.4 is 4.74 Å². The molecule has 1 heterocycles. The number of hydroxylamine groups is 2. The van der Waals surface area contributed by atoms with E-state index in [2.05, 4.69) is 18.2 Å². The van der Waals surface area contributed by atoms with Crippen LogP contribution in [0.4, 0.5) is 0 Å². The van der Waals surface area contributed by atoms with Crippen molar-refractivity contribution in [1.82, 2.24) is 5.06 Å². The average molecular weight is 291 g/mol. The van der Waals surface area contributed by atoms with E-state index in [0.29, 0.717) is 0 Å². The van der Waals surface area contributed by atoms with Crippen molar-refractivity contribution < 1.29 is 9.94 Å². The van der Waals surface area contributed by atoms with Crippen LogP contribution in [0, 0.1) is 0 Å². The molecule has 0 amide bonds. The maximum Gasteiger partial charge on any atom is 0.172 e. The summed E-state index contributed by atoms with van der Waals surface area (Å²) in [6.07, 6.45) is -0.390. The molecule has 22 heavy (non-hydrogen) atoms. The third-order valence-electron chi connectivity index (χ3n) is 4.25. The maximum atomic E-state index is 10.6. The molecule has 0 spiro atoms. The van der Waals surface area contributed by atoms with Gasteiger partial charge >= 0.3 is 0 Å². The van der Waals surface area contributed by atoms with Gasteiger partial charge in [0.1, 0.15) is 5.75 Å². The van der Waals surface area contributed by atoms with E-state index in [0.717, 1.165) is 27.6 Å². The summed E-state index contributed by atoms with van der Waals surface area (Å²) in [4.78, 5) is 0. The van der Waals surface area contributed by atoms with Gasteiger partial charge in [-0.2, -0.15) is 0 Å². The predicted octanol–water partition coefficient (Wildman–Crippen LogP) is 4.36. The molecule has 0 saturated heterocycles. The Morgan fingerprint density at radius 2 is 1.64 bits per heavy atom. The molecule has 0 aliphatic carbocycles. The second-order valence-corrected chi connectivity index (χ2v) is 5.61. The van der Waals surface area contributed by atoms with E-state index < -0.39 is 0 Å². The second kappa shape index (κ2) is 5.13. The van der Waals surface area contributed by atoms with Gasteiger partial charge in [0.15, 0.2) is 6.23 Å². The first kappa shape index (κ1) is 13.3. The van der Waals surface area contributed by atoms with Crippen LogP contribution in [0.3, 0.4) is 0 Å². The Bertz CT molecular complexity index is 816. The molecule has 0 saturated carbocycles. The van der Waals surface area contributed by atoms with E-state index >= 15 is 0 Å². The topological polar surface area (TPSA) is 32.7 Å². The standard InChI is InChI=1S/C19H17NO2/c1-13-20(21)19(15-8-3-2-4-9-15)18-16-10-6-5-7-14(16)11-12-17(18)22-13/h2-13,19,21H,1H3/t13-,19+/m0/s1. The summed E-state index contributed by atoms with van der Waals surface area (Å²) in [5.74, 6) is 0.838. The molecule has 3 aromatic rings. The Kier molecular flexibility index (Phi) is 3.10. The van der Waals surface area contributed by atoms with Gasteiger partial charge in [-0.1, -0.05) is 60.7 Å². The quantitative estimate of drug-likeness (QED) is 0.723. The molecule has 0 fully saturated rings. The van der Waals surface area contributed by atoms with E-state index in [1.54, 1.807) is 0 Å². The summed E-state index contributed by atoms with van der Waals surface area (Å²) < 4.78 is 5.88. The van der Waals surface area contributed by atoms with Gasteiger partial charge in [-0.25, -0.2) is 0 Å². The van der Waals surface area contributed by atoms with Crippen molar-refractivity contribution in [1.29, 1.82) is 0 Å². The largest absolute Gasteiger partial charge is 0.473 e. The Hall–Kier alpha value is -2.36. The first-order valence-corrected chi connectivity index (χ1v) is 7.46. The molecular weight excluding hydrogens is 274 g/mol. The molecule has 1 N–H and O–H groups in total. The zero-order chi connectivity index (χ0) is 15.1. The summed E-state index contributed by atoms with van der Waals surface area (Å²) in [6.45, 7) is 1.86. The molecule has 4 rings (SSSR count). The Labute approximate surface area is 129 Å². The third kappa shape index (κ3) is 1.98. The fourth-order valence-corrected chi connectivity index (χ4v) is 3.20. The highest BCUT2D eigenvalue weighted by Crippen LogP contribution is 2.43. The monoisotopic (exact) mass is 291 g/mol. The first-order chi connectivity index (χ1) is 10.8. The van der Waals surface area contributed by atoms with E-state index in [4.69, 9.17) is 4.74 Å². The fraction of sp³-hybridized carbons (Fsp3) is 0.158. The van der Waals surface area contributed by atoms with Crippen molar-refractivity contribution in [3.8, 4) is 5.75 Å². The van der Waals surface area contributed by atoms with Gasteiger partial charge in [-0.15, -0.1) is 5.06 Å². The molecular formula is C19H17NO2. The lowest BCUT2D eigenvalue weighted by atomic mass is 9.91. The minimum Gasteiger partial charge on any atom is -0.473 e. The Morgan fingerprint density at radius 3 is 2.45 bits per heavy atom. The fourth-order valence-electron chi connectivity index (χ4n) is 3.20. The van der Waals surface area contributed by atoms with Crippen LogP contribution in [0.15, 0.2) is 66.7 Å². The molecule has 3 nitrogen and oxygen atoms in total. The van der Waals surface area contributed by atoms with Crippen molar-refractivity contribution in [2.75, 3.05) is 0 Å². The lowest BCUT2D eigenvalue weighted by molar-refractivity contribution is -0.209. The molecule has 0 unspecified atom stereocenters. The zero-order valence-corrected chi connectivity index (χ0v) is 12.3. The van der Waals surface area contributed by atoms with E-state index in [-0.39, 0.29) is 12.3 Å². The average Bonchev–Trinajstić information content (AvgIpc) is 2.57. The van der Waals surface area contributed by atoms with E-state index in [1.165, 1.54) is 5.06 Å². The molecule has 2 atom stereocenters. The van der Waals surface area contributed by atoms with Crippen molar-refractivity contribution in [3.05, 3.63) is 77.9 Å². The number of benzene rings is 3. The Morgan fingerprint density at radius 1 is 0.909 bits per heavy atom. The van der Waals surface area contributed by atoms with Gasteiger partial charge in [-0.05, 0) is 29.3 Å². The Balaban J connectivity index is 2.01. The molecule has 1 aliphatic rings. The van der Waals surface area contributed by atoms with Gasteiger partial charge in [0.2, 0.25) is 0 Å². The lowest BCUT2D eigenvalue weighted by Gasteiger charge is -2.38. The minimum atomic E-state index is -0.390. The smallest absolute Gasteiger partial charge is 0.172 e. The van der Waals surface area contributed by atoms with Crippen LogP contribution in [-0.4, -0.2) is 16.5 Å². The molecule has 110 valence electrons. The van der Waals surface area contributed by atoms with Gasteiger partial charge in [-0.3, -0.25) is 0 Å². The number of ether oxygens (including phenoxy) is 1. The van der Waals surface area contributed by atoms with E-state index in [1.807, 2.05) is 55.5 Å². The number of rotatable bonds is 1. The van der Waals surface area contributed by atoms with E-state index in [9.17, 15) is 5.21 Å². The highest BCUT2D eigenvalue weighted by molar-refractivity contribution is 5.88. The predicted molar refractivity (Wildman–Crippen MR) is 85.9 cm³/mol. The zero-order valence-electron chi connectivity index (χ0n) is 12.3. The van der Waals surface area contributed by atoms with Crippen LogP contribution in [0.2, 0.25) is 0 Å².